The average molecular weight is 382 g/mol. The van der Waals surface area contributed by atoms with Crippen molar-refractivity contribution in [3.05, 3.63) is 23.8 Å². The van der Waals surface area contributed by atoms with Crippen LogP contribution < -0.4 is 0 Å². The normalized spacial score (nSPS) is 22.2. The Morgan fingerprint density at radius 2 is 2.00 bits per heavy atom. The Balaban J connectivity index is 0.00000163. The summed E-state index contributed by atoms with van der Waals surface area (Å²) >= 11 is 1.97. The Labute approximate surface area is 165 Å². The molecule has 2 atom stereocenters. The van der Waals surface area contributed by atoms with Crippen molar-refractivity contribution >= 4 is 17.9 Å². The molecular weight excluding hydrogens is 342 g/mol. The highest BCUT2D eigenvalue weighted by molar-refractivity contribution is 7.98. The van der Waals surface area contributed by atoms with Crippen LogP contribution in [0.4, 0.5) is 0 Å². The van der Waals surface area contributed by atoms with Crippen molar-refractivity contribution in [1.82, 2.24) is 4.31 Å². The van der Waals surface area contributed by atoms with Crippen LogP contribution >= 0.6 is 11.9 Å². The summed E-state index contributed by atoms with van der Waals surface area (Å²) in [5, 5.41) is 0. The van der Waals surface area contributed by atoms with E-state index in [1.165, 1.54) is 12.8 Å². The van der Waals surface area contributed by atoms with Gasteiger partial charge in [-0.2, -0.15) is 0 Å². The highest BCUT2D eigenvalue weighted by atomic mass is 32.2. The van der Waals surface area contributed by atoms with Gasteiger partial charge in [0.15, 0.2) is 0 Å². The Bertz CT molecular complexity index is 507. The van der Waals surface area contributed by atoms with Gasteiger partial charge in [-0.3, -0.25) is 0 Å². The first kappa shape index (κ1) is 23.3. The fourth-order valence-corrected chi connectivity index (χ4v) is 4.34. The molecule has 0 amide bonds. The number of ether oxygens (including phenoxy) is 1. The summed E-state index contributed by atoms with van der Waals surface area (Å²) in [7, 11) is 0. The number of hydrogen-bond acceptors (Lipinski definition) is 4. The van der Waals surface area contributed by atoms with E-state index >= 15 is 0 Å². The SMILES string of the molecule is CC.CCOC(=O)C1=CCC(C(C)N(CC2(C)CC2)SC(C)(C)C)C=C1. The predicted molar refractivity (Wildman–Crippen MR) is 114 cm³/mol. The quantitative estimate of drug-likeness (QED) is 0.398. The minimum Gasteiger partial charge on any atom is -0.462 e. The van der Waals surface area contributed by atoms with Crippen molar-refractivity contribution in [3.8, 4) is 0 Å². The maximum absolute atomic E-state index is 11.8. The van der Waals surface area contributed by atoms with E-state index in [0.717, 1.165) is 13.0 Å². The molecule has 0 N–H and O–H groups in total. The average Bonchev–Trinajstić information content (AvgIpc) is 3.31. The summed E-state index contributed by atoms with van der Waals surface area (Å²) < 4.78 is 7.89. The van der Waals surface area contributed by atoms with Crippen LogP contribution in [0.5, 0.6) is 0 Å². The molecule has 150 valence electrons. The Hall–Kier alpha value is -0.740. The standard InChI is InChI=1S/C20H33NO2S.C2H6/c1-7-23-18(22)17-10-8-16(9-11-17)15(2)21(24-19(3,4)5)14-20(6)12-13-20;1-2/h8,10-11,15-16H,7,9,12-14H2,1-6H3;1-2H3. The van der Waals surface area contributed by atoms with Crippen LogP contribution in [0.25, 0.3) is 0 Å². The smallest absolute Gasteiger partial charge is 0.337 e. The van der Waals surface area contributed by atoms with Crippen LogP contribution in [0.1, 0.15) is 74.7 Å². The highest BCUT2D eigenvalue weighted by Gasteiger charge is 2.41. The first-order valence-electron chi connectivity index (χ1n) is 10.1. The summed E-state index contributed by atoms with van der Waals surface area (Å²) in [6.45, 7) is 19.0. The van der Waals surface area contributed by atoms with Crippen molar-refractivity contribution in [2.24, 2.45) is 11.3 Å². The van der Waals surface area contributed by atoms with E-state index < -0.39 is 0 Å². The summed E-state index contributed by atoms with van der Waals surface area (Å²) in [6, 6.07) is 0.447. The van der Waals surface area contributed by atoms with Gasteiger partial charge in [0.05, 0.1) is 12.2 Å². The zero-order valence-electron chi connectivity index (χ0n) is 18.1. The zero-order chi connectivity index (χ0) is 20.0. The molecule has 2 unspecified atom stereocenters. The molecule has 3 nitrogen and oxygen atoms in total. The van der Waals surface area contributed by atoms with Gasteiger partial charge in [0.25, 0.3) is 0 Å². The van der Waals surface area contributed by atoms with Gasteiger partial charge in [0.1, 0.15) is 0 Å². The van der Waals surface area contributed by atoms with E-state index in [2.05, 4.69) is 45.0 Å². The third-order valence-corrected chi connectivity index (χ3v) is 5.99. The van der Waals surface area contributed by atoms with Gasteiger partial charge < -0.3 is 4.74 Å². The lowest BCUT2D eigenvalue weighted by molar-refractivity contribution is -0.138. The summed E-state index contributed by atoms with van der Waals surface area (Å²) in [5.41, 5.74) is 1.20. The summed E-state index contributed by atoms with van der Waals surface area (Å²) in [4.78, 5) is 11.8. The molecule has 1 saturated carbocycles. The number of carbonyl (C=O) groups excluding carboxylic acids is 1. The molecule has 2 rings (SSSR count). The van der Waals surface area contributed by atoms with Crippen molar-refractivity contribution in [3.63, 3.8) is 0 Å². The van der Waals surface area contributed by atoms with Crippen molar-refractivity contribution in [2.45, 2.75) is 85.4 Å². The largest absolute Gasteiger partial charge is 0.462 e. The maximum atomic E-state index is 11.8. The minimum absolute atomic E-state index is 0.203. The lowest BCUT2D eigenvalue weighted by atomic mass is 9.90. The van der Waals surface area contributed by atoms with E-state index in [0.29, 0.717) is 29.6 Å². The van der Waals surface area contributed by atoms with Gasteiger partial charge in [-0.05, 0) is 65.2 Å². The van der Waals surface area contributed by atoms with Crippen LogP contribution in [0.3, 0.4) is 0 Å². The monoisotopic (exact) mass is 381 g/mol. The van der Waals surface area contributed by atoms with E-state index in [1.807, 2.05) is 44.9 Å². The minimum atomic E-state index is -0.203. The van der Waals surface area contributed by atoms with Crippen LogP contribution in [0.2, 0.25) is 0 Å². The van der Waals surface area contributed by atoms with E-state index in [1.54, 1.807) is 0 Å². The summed E-state index contributed by atoms with van der Waals surface area (Å²) in [6.07, 6.45) is 9.77. The second-order valence-corrected chi connectivity index (χ2v) is 10.3. The van der Waals surface area contributed by atoms with Crippen LogP contribution in [-0.4, -0.2) is 34.2 Å². The Kier molecular flexibility index (Phi) is 8.95. The first-order valence-corrected chi connectivity index (χ1v) is 10.9. The molecule has 0 saturated heterocycles. The molecule has 0 aromatic carbocycles. The number of esters is 1. The van der Waals surface area contributed by atoms with Gasteiger partial charge in [-0.25, -0.2) is 9.10 Å². The van der Waals surface area contributed by atoms with Gasteiger partial charge >= 0.3 is 5.97 Å². The number of allylic oxidation sites excluding steroid dienone is 1. The van der Waals surface area contributed by atoms with E-state index in [9.17, 15) is 4.79 Å². The Morgan fingerprint density at radius 3 is 2.42 bits per heavy atom. The van der Waals surface area contributed by atoms with Gasteiger partial charge in [-0.1, -0.05) is 50.9 Å². The topological polar surface area (TPSA) is 29.5 Å². The molecule has 0 heterocycles. The molecule has 0 bridgehead atoms. The van der Waals surface area contributed by atoms with Crippen molar-refractivity contribution in [2.75, 3.05) is 13.2 Å². The summed E-state index contributed by atoms with van der Waals surface area (Å²) in [5.74, 6) is 0.242. The lowest BCUT2D eigenvalue weighted by Gasteiger charge is -2.38. The Morgan fingerprint density at radius 1 is 1.38 bits per heavy atom. The van der Waals surface area contributed by atoms with E-state index in [4.69, 9.17) is 4.74 Å². The molecule has 26 heavy (non-hydrogen) atoms. The second kappa shape index (κ2) is 9.98. The predicted octanol–water partition coefficient (Wildman–Crippen LogP) is 6.02. The molecule has 2 aliphatic rings. The highest BCUT2D eigenvalue weighted by Crippen LogP contribution is 2.48. The van der Waals surface area contributed by atoms with Crippen molar-refractivity contribution in [1.29, 1.82) is 0 Å². The molecule has 2 aliphatic carbocycles. The van der Waals surface area contributed by atoms with Gasteiger partial charge in [0, 0.05) is 17.3 Å². The molecule has 0 aromatic heterocycles. The molecular formula is C22H39NO2S. The van der Waals surface area contributed by atoms with Crippen LogP contribution in [0, 0.1) is 11.3 Å². The molecule has 1 fully saturated rings. The zero-order valence-corrected chi connectivity index (χ0v) is 18.9. The first-order chi connectivity index (χ1) is 12.1. The molecule has 4 heteroatoms. The molecule has 0 aliphatic heterocycles. The number of nitrogens with zero attached hydrogens (tertiary/aromatic N) is 1. The lowest BCUT2D eigenvalue weighted by Crippen LogP contribution is -2.39. The number of carbonyl (C=O) groups is 1. The number of hydrogen-bond donors (Lipinski definition) is 0. The van der Waals surface area contributed by atoms with Crippen molar-refractivity contribution < 1.29 is 9.53 Å². The van der Waals surface area contributed by atoms with E-state index in [-0.39, 0.29) is 10.7 Å². The van der Waals surface area contributed by atoms with Crippen LogP contribution in [-0.2, 0) is 9.53 Å². The third kappa shape index (κ3) is 7.48. The fraction of sp³-hybridized carbons (Fsp3) is 0.773. The fourth-order valence-electron chi connectivity index (χ4n) is 2.93. The van der Waals surface area contributed by atoms with Gasteiger partial charge in [0.2, 0.25) is 0 Å². The molecule has 0 spiro atoms. The number of rotatable bonds is 7. The molecule has 0 aromatic rings. The molecule has 0 radical (unpaired) electrons. The second-order valence-electron chi connectivity index (χ2n) is 8.47. The van der Waals surface area contributed by atoms with Crippen LogP contribution in [0.15, 0.2) is 23.8 Å². The maximum Gasteiger partial charge on any atom is 0.337 e. The third-order valence-electron chi connectivity index (χ3n) is 4.75. The van der Waals surface area contributed by atoms with Gasteiger partial charge in [-0.15, -0.1) is 0 Å².